The zero-order chi connectivity index (χ0) is 10.8. The first-order valence-corrected chi connectivity index (χ1v) is 5.23. The van der Waals surface area contributed by atoms with Crippen LogP contribution in [-0.4, -0.2) is 21.2 Å². The Labute approximate surface area is 86.2 Å². The number of aliphatic hydroxyl groups is 1. The lowest BCUT2D eigenvalue weighted by molar-refractivity contribution is -0.152. The van der Waals surface area contributed by atoms with Crippen LogP contribution in [-0.2, 0) is 10.4 Å². The summed E-state index contributed by atoms with van der Waals surface area (Å²) in [5.74, 6) is -1.80. The highest BCUT2D eigenvalue weighted by atomic mass is 32.1. The minimum atomic E-state index is -1.38. The molecule has 0 bridgehead atoms. The summed E-state index contributed by atoms with van der Waals surface area (Å²) in [6.45, 7) is 3.23. The Morgan fingerprint density at radius 2 is 2.43 bits per heavy atom. The van der Waals surface area contributed by atoms with E-state index in [1.54, 1.807) is 18.5 Å². The second kappa shape index (κ2) is 4.06. The normalized spacial score (nSPS) is 17.4. The molecule has 0 fully saturated rings. The summed E-state index contributed by atoms with van der Waals surface area (Å²) in [6.07, 6.45) is 1.94. The van der Waals surface area contributed by atoms with E-state index in [-0.39, 0.29) is 0 Å². The molecule has 78 valence electrons. The molecular formula is C9H13NO3S. The highest BCUT2D eigenvalue weighted by Gasteiger charge is 2.39. The van der Waals surface area contributed by atoms with E-state index in [4.69, 9.17) is 5.11 Å². The fourth-order valence-electron chi connectivity index (χ4n) is 1.43. The van der Waals surface area contributed by atoms with Gasteiger partial charge in [-0.2, -0.15) is 0 Å². The van der Waals surface area contributed by atoms with Gasteiger partial charge in [0.2, 0.25) is 0 Å². The predicted octanol–water partition coefficient (Wildman–Crippen LogP) is 1.46. The van der Waals surface area contributed by atoms with Crippen molar-refractivity contribution in [3.8, 4) is 0 Å². The summed E-state index contributed by atoms with van der Waals surface area (Å²) in [7, 11) is 0. The van der Waals surface area contributed by atoms with Gasteiger partial charge < -0.3 is 10.2 Å². The van der Waals surface area contributed by atoms with Crippen LogP contribution in [0, 0.1) is 5.92 Å². The molecule has 0 saturated heterocycles. The molecule has 2 unspecified atom stereocenters. The molecule has 1 heterocycles. The zero-order valence-corrected chi connectivity index (χ0v) is 8.91. The third-order valence-corrected chi connectivity index (χ3v) is 3.25. The quantitative estimate of drug-likeness (QED) is 0.797. The molecule has 1 rings (SSSR count). The molecule has 5 heteroatoms. The first-order valence-electron chi connectivity index (χ1n) is 4.35. The van der Waals surface area contributed by atoms with E-state index < -0.39 is 17.5 Å². The van der Waals surface area contributed by atoms with Crippen molar-refractivity contribution in [2.75, 3.05) is 0 Å². The van der Waals surface area contributed by atoms with Crippen LogP contribution in [0.25, 0.3) is 0 Å². The number of carbonyl (C=O) groups is 1. The zero-order valence-electron chi connectivity index (χ0n) is 8.10. The average molecular weight is 215 g/mol. The summed E-state index contributed by atoms with van der Waals surface area (Å²) >= 11 is 1.27. The summed E-state index contributed by atoms with van der Waals surface area (Å²) in [6, 6.07) is 0. The molecule has 0 aromatic carbocycles. The SMILES string of the molecule is CCC(C(=O)O)C(C)(O)c1nccs1. The third-order valence-electron chi connectivity index (χ3n) is 2.25. The summed E-state index contributed by atoms with van der Waals surface area (Å²) in [4.78, 5) is 14.8. The van der Waals surface area contributed by atoms with E-state index in [2.05, 4.69) is 4.98 Å². The van der Waals surface area contributed by atoms with Crippen LogP contribution in [0.2, 0.25) is 0 Å². The van der Waals surface area contributed by atoms with E-state index in [1.165, 1.54) is 18.3 Å². The summed E-state index contributed by atoms with van der Waals surface area (Å²) in [5, 5.41) is 21.2. The second-order valence-corrected chi connectivity index (χ2v) is 4.18. The monoisotopic (exact) mass is 215 g/mol. The standard InChI is InChI=1S/C9H13NO3S/c1-3-6(7(11)12)9(2,13)8-10-4-5-14-8/h4-6,13H,3H2,1-2H3,(H,11,12). The van der Waals surface area contributed by atoms with E-state index in [0.29, 0.717) is 11.4 Å². The fourth-order valence-corrected chi connectivity index (χ4v) is 2.19. The highest BCUT2D eigenvalue weighted by Crippen LogP contribution is 2.32. The molecule has 1 aromatic rings. The molecule has 4 nitrogen and oxygen atoms in total. The fraction of sp³-hybridized carbons (Fsp3) is 0.556. The Kier molecular flexibility index (Phi) is 3.23. The number of carboxylic acid groups (broad SMARTS) is 1. The predicted molar refractivity (Wildman–Crippen MR) is 53.1 cm³/mol. The van der Waals surface area contributed by atoms with Crippen LogP contribution >= 0.6 is 11.3 Å². The van der Waals surface area contributed by atoms with Crippen molar-refractivity contribution in [1.29, 1.82) is 0 Å². The van der Waals surface area contributed by atoms with Crippen LogP contribution in [0.4, 0.5) is 0 Å². The van der Waals surface area contributed by atoms with Gasteiger partial charge in [-0.15, -0.1) is 11.3 Å². The molecule has 2 N–H and O–H groups in total. The van der Waals surface area contributed by atoms with Gasteiger partial charge in [0.15, 0.2) is 0 Å². The van der Waals surface area contributed by atoms with Crippen molar-refractivity contribution >= 4 is 17.3 Å². The van der Waals surface area contributed by atoms with Gasteiger partial charge in [-0.3, -0.25) is 4.79 Å². The largest absolute Gasteiger partial charge is 0.481 e. The van der Waals surface area contributed by atoms with E-state index in [0.717, 1.165) is 0 Å². The summed E-state index contributed by atoms with van der Waals surface area (Å²) in [5.41, 5.74) is -1.38. The van der Waals surface area contributed by atoms with Crippen molar-refractivity contribution < 1.29 is 15.0 Å². The lowest BCUT2D eigenvalue weighted by Crippen LogP contribution is -2.36. The lowest BCUT2D eigenvalue weighted by atomic mass is 9.87. The molecule has 0 aliphatic heterocycles. The average Bonchev–Trinajstić information content (AvgIpc) is 2.55. The number of aromatic nitrogens is 1. The van der Waals surface area contributed by atoms with Gasteiger partial charge in [-0.1, -0.05) is 6.92 Å². The Morgan fingerprint density at radius 3 is 2.79 bits per heavy atom. The molecule has 0 aliphatic rings. The molecule has 0 aliphatic carbocycles. The van der Waals surface area contributed by atoms with Crippen LogP contribution in [0.15, 0.2) is 11.6 Å². The number of aliphatic carboxylic acids is 1. The molecule has 1 aromatic heterocycles. The van der Waals surface area contributed by atoms with Crippen molar-refractivity contribution in [2.45, 2.75) is 25.9 Å². The van der Waals surface area contributed by atoms with Crippen LogP contribution in [0.3, 0.4) is 0 Å². The maximum absolute atomic E-state index is 10.9. The number of thiazole rings is 1. The van der Waals surface area contributed by atoms with Gasteiger partial charge in [-0.25, -0.2) is 4.98 Å². The Balaban J connectivity index is 2.99. The first kappa shape index (κ1) is 11.1. The number of hydrogen-bond donors (Lipinski definition) is 2. The van der Waals surface area contributed by atoms with Crippen molar-refractivity contribution in [2.24, 2.45) is 5.92 Å². The Morgan fingerprint density at radius 1 is 1.79 bits per heavy atom. The second-order valence-electron chi connectivity index (χ2n) is 3.28. The van der Waals surface area contributed by atoms with Crippen LogP contribution in [0.5, 0.6) is 0 Å². The minimum absolute atomic E-state index is 0.377. The van der Waals surface area contributed by atoms with Gasteiger partial charge in [0.25, 0.3) is 0 Å². The lowest BCUT2D eigenvalue weighted by Gasteiger charge is -2.26. The Bertz CT molecular complexity index is 308. The number of hydrogen-bond acceptors (Lipinski definition) is 4. The van der Waals surface area contributed by atoms with Crippen molar-refractivity contribution in [3.05, 3.63) is 16.6 Å². The number of nitrogens with zero attached hydrogens (tertiary/aromatic N) is 1. The minimum Gasteiger partial charge on any atom is -0.481 e. The molecular weight excluding hydrogens is 202 g/mol. The first-order chi connectivity index (χ1) is 6.50. The third kappa shape index (κ3) is 1.93. The Hall–Kier alpha value is -0.940. The molecule has 0 amide bonds. The van der Waals surface area contributed by atoms with Gasteiger partial charge in [0.05, 0.1) is 5.92 Å². The van der Waals surface area contributed by atoms with Gasteiger partial charge in [0.1, 0.15) is 10.6 Å². The smallest absolute Gasteiger partial charge is 0.309 e. The molecule has 14 heavy (non-hydrogen) atoms. The van der Waals surface area contributed by atoms with E-state index in [1.807, 2.05) is 0 Å². The van der Waals surface area contributed by atoms with Crippen LogP contribution < -0.4 is 0 Å². The highest BCUT2D eigenvalue weighted by molar-refractivity contribution is 7.09. The van der Waals surface area contributed by atoms with E-state index in [9.17, 15) is 9.90 Å². The molecule has 0 saturated carbocycles. The van der Waals surface area contributed by atoms with Gasteiger partial charge in [-0.05, 0) is 13.3 Å². The number of carboxylic acids is 1. The van der Waals surface area contributed by atoms with Crippen molar-refractivity contribution in [1.82, 2.24) is 4.98 Å². The summed E-state index contributed by atoms with van der Waals surface area (Å²) < 4.78 is 0. The molecule has 0 spiro atoms. The maximum atomic E-state index is 10.9. The van der Waals surface area contributed by atoms with Gasteiger partial charge in [0, 0.05) is 11.6 Å². The molecule has 0 radical (unpaired) electrons. The maximum Gasteiger partial charge on any atom is 0.309 e. The van der Waals surface area contributed by atoms with Crippen LogP contribution in [0.1, 0.15) is 25.3 Å². The number of rotatable bonds is 4. The van der Waals surface area contributed by atoms with E-state index >= 15 is 0 Å². The molecule has 2 atom stereocenters. The van der Waals surface area contributed by atoms with Gasteiger partial charge >= 0.3 is 5.97 Å². The topological polar surface area (TPSA) is 70.4 Å². The van der Waals surface area contributed by atoms with Crippen molar-refractivity contribution in [3.63, 3.8) is 0 Å².